The van der Waals surface area contributed by atoms with E-state index in [1.54, 1.807) is 7.11 Å². The van der Waals surface area contributed by atoms with Crippen LogP contribution in [0.25, 0.3) is 0 Å². The lowest BCUT2D eigenvalue weighted by molar-refractivity contribution is -0.149. The van der Waals surface area contributed by atoms with Gasteiger partial charge in [-0.15, -0.1) is 0 Å². The lowest BCUT2D eigenvalue weighted by atomic mass is 9.81. The Morgan fingerprint density at radius 2 is 2.03 bits per heavy atom. The first kappa shape index (κ1) is 28.5. The lowest BCUT2D eigenvalue weighted by Gasteiger charge is -2.24. The standard InChI is InChI=1S/C26H40ClNO6/c1-4-5-6-7-9-12-21(32-3)13-10-8-11-14-24(31)28-18-20(17-27)26-23(30)16-15-22(25(26)34-26)33-19(2)29/h8,10,17,21-22,25H,4-7,9,11-16,18H2,1-3H3,(H,28,31)/b10-8+,20-17-/t21-,22-,25-,26+/m0/s1. The second-order valence-electron chi connectivity index (χ2n) is 9.10. The number of Topliss-reactive ketones (excluding diaryl/α,β-unsaturated/α-hetero) is 1. The number of carbonyl (C=O) groups is 3. The molecule has 0 spiro atoms. The molecule has 0 aromatic carbocycles. The summed E-state index contributed by atoms with van der Waals surface area (Å²) in [6, 6.07) is 0. The van der Waals surface area contributed by atoms with E-state index in [4.69, 9.17) is 25.8 Å². The van der Waals surface area contributed by atoms with E-state index in [0.29, 0.717) is 24.8 Å². The molecule has 4 atom stereocenters. The molecule has 8 heteroatoms. The second kappa shape index (κ2) is 14.6. The minimum absolute atomic E-state index is 0.0944. The van der Waals surface area contributed by atoms with E-state index in [0.717, 1.165) is 12.8 Å². The van der Waals surface area contributed by atoms with Crippen molar-refractivity contribution in [1.29, 1.82) is 0 Å². The first-order valence-electron chi connectivity index (χ1n) is 12.5. The Labute approximate surface area is 208 Å². The topological polar surface area (TPSA) is 94.2 Å². The van der Waals surface area contributed by atoms with Crippen LogP contribution >= 0.6 is 11.6 Å². The van der Waals surface area contributed by atoms with Gasteiger partial charge in [-0.3, -0.25) is 14.4 Å². The van der Waals surface area contributed by atoms with Gasteiger partial charge in [0.15, 0.2) is 11.4 Å². The maximum Gasteiger partial charge on any atom is 0.302 e. The predicted octanol–water partition coefficient (Wildman–Crippen LogP) is 4.76. The number of hydrogen-bond donors (Lipinski definition) is 1. The van der Waals surface area contributed by atoms with Crippen LogP contribution in [0, 0.1) is 0 Å². The van der Waals surface area contributed by atoms with Crippen LogP contribution in [0.3, 0.4) is 0 Å². The van der Waals surface area contributed by atoms with Crippen LogP contribution in [0.15, 0.2) is 23.3 Å². The van der Waals surface area contributed by atoms with Crippen LogP contribution < -0.4 is 5.32 Å². The van der Waals surface area contributed by atoms with Gasteiger partial charge in [-0.2, -0.15) is 0 Å². The van der Waals surface area contributed by atoms with Crippen molar-refractivity contribution < 1.29 is 28.6 Å². The summed E-state index contributed by atoms with van der Waals surface area (Å²) in [4.78, 5) is 36.2. The molecule has 2 rings (SSSR count). The van der Waals surface area contributed by atoms with Crippen LogP contribution in [0.5, 0.6) is 0 Å². The number of ketones is 1. The average Bonchev–Trinajstić information content (AvgIpc) is 3.57. The number of allylic oxidation sites excluding steroid dienone is 1. The van der Waals surface area contributed by atoms with Crippen molar-refractivity contribution in [2.45, 2.75) is 108 Å². The number of hydrogen-bond acceptors (Lipinski definition) is 6. The Morgan fingerprint density at radius 1 is 1.26 bits per heavy atom. The van der Waals surface area contributed by atoms with Gasteiger partial charge in [0.25, 0.3) is 0 Å². The smallest absolute Gasteiger partial charge is 0.302 e. The normalized spacial score (nSPS) is 25.2. The highest BCUT2D eigenvalue weighted by Gasteiger charge is 2.69. The van der Waals surface area contributed by atoms with Crippen LogP contribution in [-0.4, -0.2) is 55.2 Å². The number of methoxy groups -OCH3 is 1. The van der Waals surface area contributed by atoms with E-state index in [9.17, 15) is 14.4 Å². The minimum Gasteiger partial charge on any atom is -0.460 e. The SMILES string of the molecule is CCCCCCC[C@@H](C/C=C/CCC(=O)NC/C(=C/Cl)[C@]12O[C@H]1[C@@H](OC(C)=O)CCC2=O)OC. The molecule has 7 nitrogen and oxygen atoms in total. The molecule has 2 aliphatic rings. The molecule has 1 heterocycles. The van der Waals surface area contributed by atoms with E-state index in [1.165, 1.54) is 44.6 Å². The molecule has 34 heavy (non-hydrogen) atoms. The summed E-state index contributed by atoms with van der Waals surface area (Å²) >= 11 is 5.99. The number of fused-ring (bicyclic) bond motifs is 1. The highest BCUT2D eigenvalue weighted by molar-refractivity contribution is 6.26. The first-order valence-corrected chi connectivity index (χ1v) is 12.9. The van der Waals surface area contributed by atoms with Gasteiger partial charge in [0, 0.05) is 44.5 Å². The van der Waals surface area contributed by atoms with Gasteiger partial charge in [-0.05, 0) is 25.7 Å². The maximum atomic E-state index is 12.6. The van der Waals surface area contributed by atoms with Gasteiger partial charge in [-0.1, -0.05) is 62.8 Å². The fraction of sp³-hybridized carbons (Fsp3) is 0.731. The summed E-state index contributed by atoms with van der Waals surface area (Å²) in [6.07, 6.45) is 13.1. The Hall–Kier alpha value is -1.70. The number of nitrogens with one attached hydrogen (secondary N) is 1. The molecule has 0 bridgehead atoms. The number of ether oxygens (including phenoxy) is 3. The molecular formula is C26H40ClNO6. The number of amides is 1. The Balaban J connectivity index is 1.70. The van der Waals surface area contributed by atoms with Crippen LogP contribution in [0.1, 0.15) is 84.5 Å². The molecule has 0 aromatic heterocycles. The number of rotatable bonds is 16. The van der Waals surface area contributed by atoms with Crippen molar-refractivity contribution in [2.24, 2.45) is 0 Å². The molecule has 1 aliphatic carbocycles. The van der Waals surface area contributed by atoms with Crippen molar-refractivity contribution in [3.63, 3.8) is 0 Å². The summed E-state index contributed by atoms with van der Waals surface area (Å²) in [7, 11) is 1.75. The molecular weight excluding hydrogens is 458 g/mol. The first-order chi connectivity index (χ1) is 16.4. The van der Waals surface area contributed by atoms with Gasteiger partial charge in [0.05, 0.1) is 6.10 Å². The molecule has 1 N–H and O–H groups in total. The van der Waals surface area contributed by atoms with Gasteiger partial charge >= 0.3 is 5.97 Å². The second-order valence-corrected chi connectivity index (χ2v) is 9.32. The molecule has 1 aliphatic heterocycles. The minimum atomic E-state index is -1.18. The number of esters is 1. The van der Waals surface area contributed by atoms with Crippen molar-refractivity contribution >= 4 is 29.3 Å². The predicted molar refractivity (Wildman–Crippen MR) is 132 cm³/mol. The quantitative estimate of drug-likeness (QED) is 0.143. The van der Waals surface area contributed by atoms with E-state index < -0.39 is 23.8 Å². The summed E-state index contributed by atoms with van der Waals surface area (Å²) in [5.41, 5.74) is 0.604. The van der Waals surface area contributed by atoms with Crippen molar-refractivity contribution in [1.82, 2.24) is 5.32 Å². The Morgan fingerprint density at radius 3 is 2.71 bits per heavy atom. The van der Waals surface area contributed by atoms with Crippen molar-refractivity contribution in [3.05, 3.63) is 23.3 Å². The third kappa shape index (κ3) is 8.21. The zero-order valence-corrected chi connectivity index (χ0v) is 21.5. The number of halogens is 1. The fourth-order valence-corrected chi connectivity index (χ4v) is 4.77. The van der Waals surface area contributed by atoms with E-state index in [2.05, 4.69) is 18.3 Å². The van der Waals surface area contributed by atoms with E-state index >= 15 is 0 Å². The Bertz CT molecular complexity index is 752. The monoisotopic (exact) mass is 497 g/mol. The zero-order chi connectivity index (χ0) is 25.0. The van der Waals surface area contributed by atoms with Crippen LogP contribution in [0.2, 0.25) is 0 Å². The summed E-state index contributed by atoms with van der Waals surface area (Å²) in [6.45, 7) is 3.66. The highest BCUT2D eigenvalue weighted by Crippen LogP contribution is 2.51. The highest BCUT2D eigenvalue weighted by atomic mass is 35.5. The molecule has 192 valence electrons. The maximum absolute atomic E-state index is 12.6. The van der Waals surface area contributed by atoms with E-state index in [-0.39, 0.29) is 30.8 Å². The van der Waals surface area contributed by atoms with Crippen LogP contribution in [0.4, 0.5) is 0 Å². The van der Waals surface area contributed by atoms with Gasteiger partial charge < -0.3 is 19.5 Å². The molecule has 0 radical (unpaired) electrons. The number of epoxide rings is 1. The number of unbranched alkanes of at least 4 members (excludes halogenated alkanes) is 4. The average molecular weight is 498 g/mol. The van der Waals surface area contributed by atoms with Gasteiger partial charge in [0.1, 0.15) is 12.2 Å². The fourth-order valence-electron chi connectivity index (χ4n) is 4.53. The lowest BCUT2D eigenvalue weighted by Crippen LogP contribution is -2.43. The van der Waals surface area contributed by atoms with Crippen molar-refractivity contribution in [2.75, 3.05) is 13.7 Å². The molecule has 2 fully saturated rings. The third-order valence-electron chi connectivity index (χ3n) is 6.53. The van der Waals surface area contributed by atoms with Gasteiger partial charge in [0.2, 0.25) is 5.91 Å². The zero-order valence-electron chi connectivity index (χ0n) is 20.8. The summed E-state index contributed by atoms with van der Waals surface area (Å²) in [5, 5.41) is 2.82. The molecule has 0 unspecified atom stereocenters. The molecule has 1 amide bonds. The molecule has 0 aromatic rings. The summed E-state index contributed by atoms with van der Waals surface area (Å²) in [5.74, 6) is -0.637. The third-order valence-corrected chi connectivity index (χ3v) is 6.80. The van der Waals surface area contributed by atoms with E-state index in [1.807, 2.05) is 6.08 Å². The number of carbonyl (C=O) groups excluding carboxylic acids is 3. The molecule has 1 saturated heterocycles. The van der Waals surface area contributed by atoms with Crippen molar-refractivity contribution in [3.8, 4) is 0 Å². The largest absolute Gasteiger partial charge is 0.460 e. The Kier molecular flexibility index (Phi) is 12.3. The van der Waals surface area contributed by atoms with Gasteiger partial charge in [-0.25, -0.2) is 0 Å². The molecule has 1 saturated carbocycles. The van der Waals surface area contributed by atoms with Crippen LogP contribution in [-0.2, 0) is 28.6 Å². The summed E-state index contributed by atoms with van der Waals surface area (Å²) < 4.78 is 16.6.